The standard InChI is InChI=1S/C7H6BrN3O/c8-6-3-9-7-2-1-5(4-12)10-11(6)7/h1-3,12H,4H2. The van der Waals surface area contributed by atoms with Crippen LogP contribution in [0, 0.1) is 0 Å². The molecule has 0 fully saturated rings. The molecule has 0 unspecified atom stereocenters. The van der Waals surface area contributed by atoms with Crippen LogP contribution < -0.4 is 0 Å². The SMILES string of the molecule is OCc1ccc2ncc(Br)n2n1. The second-order valence-corrected chi connectivity index (χ2v) is 3.15. The van der Waals surface area contributed by atoms with E-state index in [0.29, 0.717) is 5.69 Å². The van der Waals surface area contributed by atoms with Gasteiger partial charge in [0.15, 0.2) is 5.65 Å². The Morgan fingerprint density at radius 3 is 3.08 bits per heavy atom. The van der Waals surface area contributed by atoms with Crippen molar-refractivity contribution in [1.29, 1.82) is 0 Å². The van der Waals surface area contributed by atoms with Gasteiger partial charge in [-0.1, -0.05) is 0 Å². The van der Waals surface area contributed by atoms with E-state index < -0.39 is 0 Å². The average molecular weight is 228 g/mol. The van der Waals surface area contributed by atoms with Gasteiger partial charge in [0.25, 0.3) is 0 Å². The Morgan fingerprint density at radius 1 is 1.50 bits per heavy atom. The minimum atomic E-state index is -0.0550. The van der Waals surface area contributed by atoms with Crippen LogP contribution in [0.15, 0.2) is 22.9 Å². The fourth-order valence-electron chi connectivity index (χ4n) is 0.968. The van der Waals surface area contributed by atoms with Gasteiger partial charge in [-0.05, 0) is 28.1 Å². The zero-order chi connectivity index (χ0) is 8.55. The average Bonchev–Trinajstić information content (AvgIpc) is 2.47. The molecule has 0 aliphatic rings. The molecule has 0 saturated heterocycles. The van der Waals surface area contributed by atoms with Crippen molar-refractivity contribution in [3.8, 4) is 0 Å². The Hall–Kier alpha value is -0.940. The first-order valence-electron chi connectivity index (χ1n) is 3.41. The molecule has 1 N–H and O–H groups in total. The summed E-state index contributed by atoms with van der Waals surface area (Å²) in [7, 11) is 0. The Bertz CT molecular complexity index is 412. The summed E-state index contributed by atoms with van der Waals surface area (Å²) in [5.74, 6) is 0. The first kappa shape index (κ1) is 7.70. The molecule has 2 aromatic heterocycles. The fraction of sp³-hybridized carbons (Fsp3) is 0.143. The van der Waals surface area contributed by atoms with E-state index in [9.17, 15) is 0 Å². The van der Waals surface area contributed by atoms with E-state index in [-0.39, 0.29) is 6.61 Å². The summed E-state index contributed by atoms with van der Waals surface area (Å²) in [5.41, 5.74) is 1.39. The van der Waals surface area contributed by atoms with Crippen molar-refractivity contribution in [2.45, 2.75) is 6.61 Å². The number of aliphatic hydroxyl groups excluding tert-OH is 1. The Kier molecular flexibility index (Phi) is 1.82. The van der Waals surface area contributed by atoms with Crippen LogP contribution in [0.3, 0.4) is 0 Å². The minimum absolute atomic E-state index is 0.0550. The van der Waals surface area contributed by atoms with Crippen LogP contribution in [-0.2, 0) is 6.61 Å². The van der Waals surface area contributed by atoms with E-state index >= 15 is 0 Å². The molecule has 0 spiro atoms. The summed E-state index contributed by atoms with van der Waals surface area (Å²) >= 11 is 3.29. The summed E-state index contributed by atoms with van der Waals surface area (Å²) in [6.07, 6.45) is 1.67. The van der Waals surface area contributed by atoms with Gasteiger partial charge in [0.05, 0.1) is 18.5 Å². The number of aromatic nitrogens is 3. The first-order valence-corrected chi connectivity index (χ1v) is 4.20. The van der Waals surface area contributed by atoms with E-state index in [2.05, 4.69) is 26.0 Å². The molecule has 0 aliphatic carbocycles. The predicted octanol–water partition coefficient (Wildman–Crippen LogP) is 0.984. The van der Waals surface area contributed by atoms with Gasteiger partial charge in [-0.15, -0.1) is 0 Å². The maximum Gasteiger partial charge on any atom is 0.154 e. The van der Waals surface area contributed by atoms with Crippen LogP contribution in [0.5, 0.6) is 0 Å². The van der Waals surface area contributed by atoms with Crippen molar-refractivity contribution < 1.29 is 5.11 Å². The predicted molar refractivity (Wildman–Crippen MR) is 46.6 cm³/mol. The number of hydrogen-bond donors (Lipinski definition) is 1. The number of rotatable bonds is 1. The lowest BCUT2D eigenvalue weighted by molar-refractivity contribution is 0.275. The van der Waals surface area contributed by atoms with E-state index in [1.165, 1.54) is 0 Å². The molecule has 62 valence electrons. The molecular formula is C7H6BrN3O. The lowest BCUT2D eigenvalue weighted by Gasteiger charge is -1.96. The normalized spacial score (nSPS) is 10.8. The molecule has 0 bridgehead atoms. The van der Waals surface area contributed by atoms with E-state index in [1.54, 1.807) is 16.8 Å². The Balaban J connectivity index is 2.71. The molecule has 2 aromatic rings. The van der Waals surface area contributed by atoms with Gasteiger partial charge in [0.2, 0.25) is 0 Å². The maximum absolute atomic E-state index is 8.81. The summed E-state index contributed by atoms with van der Waals surface area (Å²) < 4.78 is 2.42. The molecular weight excluding hydrogens is 222 g/mol. The first-order chi connectivity index (χ1) is 5.81. The molecule has 0 atom stereocenters. The van der Waals surface area contributed by atoms with Gasteiger partial charge in [-0.3, -0.25) is 0 Å². The lowest BCUT2D eigenvalue weighted by Crippen LogP contribution is -1.97. The molecule has 5 heteroatoms. The van der Waals surface area contributed by atoms with Crippen molar-refractivity contribution >= 4 is 21.6 Å². The quantitative estimate of drug-likeness (QED) is 0.791. The van der Waals surface area contributed by atoms with Crippen molar-refractivity contribution in [3.05, 3.63) is 28.6 Å². The summed E-state index contributed by atoms with van der Waals surface area (Å²) in [6.45, 7) is -0.0550. The van der Waals surface area contributed by atoms with Gasteiger partial charge >= 0.3 is 0 Å². The van der Waals surface area contributed by atoms with Crippen molar-refractivity contribution in [3.63, 3.8) is 0 Å². The Labute approximate surface area is 77.0 Å². The van der Waals surface area contributed by atoms with Gasteiger partial charge in [-0.2, -0.15) is 5.10 Å². The topological polar surface area (TPSA) is 50.4 Å². The molecule has 2 heterocycles. The van der Waals surface area contributed by atoms with Crippen LogP contribution in [-0.4, -0.2) is 19.7 Å². The molecule has 0 aromatic carbocycles. The third kappa shape index (κ3) is 1.11. The third-order valence-corrected chi connectivity index (χ3v) is 2.08. The molecule has 0 radical (unpaired) electrons. The summed E-state index contributed by atoms with van der Waals surface area (Å²) in [5, 5.41) is 12.9. The van der Waals surface area contributed by atoms with Gasteiger partial charge in [0.1, 0.15) is 4.60 Å². The number of halogens is 1. The highest BCUT2D eigenvalue weighted by Crippen LogP contribution is 2.11. The highest BCUT2D eigenvalue weighted by atomic mass is 79.9. The van der Waals surface area contributed by atoms with Crippen molar-refractivity contribution in [2.75, 3.05) is 0 Å². The molecule has 2 rings (SSSR count). The van der Waals surface area contributed by atoms with Crippen LogP contribution in [0.1, 0.15) is 5.69 Å². The smallest absolute Gasteiger partial charge is 0.154 e. The monoisotopic (exact) mass is 227 g/mol. The van der Waals surface area contributed by atoms with Crippen LogP contribution in [0.2, 0.25) is 0 Å². The molecule has 0 saturated carbocycles. The third-order valence-electron chi connectivity index (χ3n) is 1.54. The zero-order valence-electron chi connectivity index (χ0n) is 6.11. The van der Waals surface area contributed by atoms with Crippen molar-refractivity contribution in [1.82, 2.24) is 14.6 Å². The summed E-state index contributed by atoms with van der Waals surface area (Å²) in [6, 6.07) is 3.55. The molecule has 0 amide bonds. The van der Waals surface area contributed by atoms with Gasteiger partial charge in [0, 0.05) is 0 Å². The Morgan fingerprint density at radius 2 is 2.33 bits per heavy atom. The summed E-state index contributed by atoms with van der Waals surface area (Å²) in [4.78, 5) is 4.07. The van der Waals surface area contributed by atoms with Crippen molar-refractivity contribution in [2.24, 2.45) is 0 Å². The van der Waals surface area contributed by atoms with E-state index in [4.69, 9.17) is 5.11 Å². The fourth-order valence-corrected chi connectivity index (χ4v) is 1.33. The van der Waals surface area contributed by atoms with E-state index in [1.807, 2.05) is 6.07 Å². The van der Waals surface area contributed by atoms with Gasteiger partial charge < -0.3 is 5.11 Å². The second-order valence-electron chi connectivity index (χ2n) is 2.33. The zero-order valence-corrected chi connectivity index (χ0v) is 7.69. The number of nitrogens with zero attached hydrogens (tertiary/aromatic N) is 3. The number of hydrogen-bond acceptors (Lipinski definition) is 3. The second kappa shape index (κ2) is 2.84. The van der Waals surface area contributed by atoms with Crippen LogP contribution in [0.25, 0.3) is 5.65 Å². The number of imidazole rings is 1. The van der Waals surface area contributed by atoms with Crippen LogP contribution >= 0.6 is 15.9 Å². The lowest BCUT2D eigenvalue weighted by atomic mass is 10.4. The molecule has 0 aliphatic heterocycles. The van der Waals surface area contributed by atoms with Gasteiger partial charge in [-0.25, -0.2) is 9.50 Å². The van der Waals surface area contributed by atoms with Crippen LogP contribution in [0.4, 0.5) is 0 Å². The molecule has 4 nitrogen and oxygen atoms in total. The maximum atomic E-state index is 8.81. The number of fused-ring (bicyclic) bond motifs is 1. The largest absolute Gasteiger partial charge is 0.390 e. The highest BCUT2D eigenvalue weighted by Gasteiger charge is 2.01. The number of aliphatic hydroxyl groups is 1. The minimum Gasteiger partial charge on any atom is -0.390 e. The highest BCUT2D eigenvalue weighted by molar-refractivity contribution is 9.10. The van der Waals surface area contributed by atoms with E-state index in [0.717, 1.165) is 10.3 Å². The molecule has 12 heavy (non-hydrogen) atoms.